The molecule has 0 bridgehead atoms. The highest BCUT2D eigenvalue weighted by Crippen LogP contribution is 2.18. The number of hydrogen-bond donors (Lipinski definition) is 0. The Balaban J connectivity index is 2.04. The fourth-order valence-electron chi connectivity index (χ4n) is 1.70. The molecule has 3 nitrogen and oxygen atoms in total. The number of aryl methyl sites for hydroxylation is 1. The predicted molar refractivity (Wildman–Crippen MR) is 55.9 cm³/mol. The average molecular weight is 192 g/mol. The average Bonchev–Trinajstić information content (AvgIpc) is 2.56. The standard InChI is InChI=1S/C11H16N2O/c1-9-7-11(14-12-9)8-10-3-5-13(2)6-4-10/h7-8H,3-6H2,1-2H3. The summed E-state index contributed by atoms with van der Waals surface area (Å²) >= 11 is 0. The molecule has 0 saturated carbocycles. The van der Waals surface area contributed by atoms with Crippen LogP contribution in [0, 0.1) is 6.92 Å². The second-order valence-electron chi connectivity index (χ2n) is 3.98. The van der Waals surface area contributed by atoms with Gasteiger partial charge in [0, 0.05) is 19.2 Å². The quantitative estimate of drug-likeness (QED) is 0.682. The number of nitrogens with zero attached hydrogens (tertiary/aromatic N) is 2. The van der Waals surface area contributed by atoms with Gasteiger partial charge in [-0.2, -0.15) is 0 Å². The lowest BCUT2D eigenvalue weighted by atomic mass is 10.0. The SMILES string of the molecule is Cc1cc(C=C2CCN(C)CC2)on1. The summed E-state index contributed by atoms with van der Waals surface area (Å²) in [5, 5.41) is 3.87. The normalized spacial score (nSPS) is 18.6. The van der Waals surface area contributed by atoms with E-state index in [2.05, 4.69) is 23.2 Å². The summed E-state index contributed by atoms with van der Waals surface area (Å²) in [6, 6.07) is 1.98. The smallest absolute Gasteiger partial charge is 0.159 e. The van der Waals surface area contributed by atoms with E-state index in [1.54, 1.807) is 0 Å². The van der Waals surface area contributed by atoms with E-state index < -0.39 is 0 Å². The van der Waals surface area contributed by atoms with Crippen molar-refractivity contribution in [2.24, 2.45) is 0 Å². The third-order valence-corrected chi connectivity index (χ3v) is 2.62. The van der Waals surface area contributed by atoms with Gasteiger partial charge >= 0.3 is 0 Å². The first-order chi connectivity index (χ1) is 6.74. The summed E-state index contributed by atoms with van der Waals surface area (Å²) in [6.07, 6.45) is 4.43. The minimum absolute atomic E-state index is 0.891. The molecule has 0 N–H and O–H groups in total. The maximum Gasteiger partial charge on any atom is 0.159 e. The topological polar surface area (TPSA) is 29.3 Å². The molecule has 2 heterocycles. The molecule has 0 aromatic carbocycles. The molecular formula is C11H16N2O. The Morgan fingerprint density at radius 2 is 2.14 bits per heavy atom. The van der Waals surface area contributed by atoms with Crippen LogP contribution in [0.3, 0.4) is 0 Å². The fraction of sp³-hybridized carbons (Fsp3) is 0.545. The van der Waals surface area contributed by atoms with Crippen LogP contribution < -0.4 is 0 Å². The molecule has 0 unspecified atom stereocenters. The number of rotatable bonds is 1. The number of aromatic nitrogens is 1. The highest BCUT2D eigenvalue weighted by Gasteiger charge is 2.10. The monoisotopic (exact) mass is 192 g/mol. The van der Waals surface area contributed by atoms with E-state index >= 15 is 0 Å². The Morgan fingerprint density at radius 3 is 2.71 bits per heavy atom. The highest BCUT2D eigenvalue weighted by molar-refractivity contribution is 5.47. The molecule has 1 fully saturated rings. The van der Waals surface area contributed by atoms with Gasteiger partial charge in [-0.15, -0.1) is 0 Å². The Morgan fingerprint density at radius 1 is 1.43 bits per heavy atom. The second kappa shape index (κ2) is 3.96. The Bertz CT molecular complexity index is 331. The second-order valence-corrected chi connectivity index (χ2v) is 3.98. The Hall–Kier alpha value is -1.09. The van der Waals surface area contributed by atoms with Crippen molar-refractivity contribution in [2.75, 3.05) is 20.1 Å². The van der Waals surface area contributed by atoms with Gasteiger partial charge in [0.15, 0.2) is 5.76 Å². The lowest BCUT2D eigenvalue weighted by Crippen LogP contribution is -2.26. The molecule has 1 aliphatic rings. The zero-order valence-corrected chi connectivity index (χ0v) is 8.79. The van der Waals surface area contributed by atoms with Gasteiger partial charge in [0.05, 0.1) is 5.69 Å². The van der Waals surface area contributed by atoms with Crippen molar-refractivity contribution < 1.29 is 4.52 Å². The summed E-state index contributed by atoms with van der Waals surface area (Å²) in [5.74, 6) is 0.891. The maximum atomic E-state index is 5.15. The van der Waals surface area contributed by atoms with E-state index in [1.165, 1.54) is 5.57 Å². The first kappa shape index (κ1) is 9.46. The van der Waals surface area contributed by atoms with Crippen LogP contribution in [0.25, 0.3) is 6.08 Å². The van der Waals surface area contributed by atoms with Crippen molar-refractivity contribution >= 4 is 6.08 Å². The van der Waals surface area contributed by atoms with Gasteiger partial charge in [-0.05, 0) is 32.9 Å². The van der Waals surface area contributed by atoms with Crippen molar-refractivity contribution in [1.29, 1.82) is 0 Å². The molecule has 3 heteroatoms. The van der Waals surface area contributed by atoms with Crippen LogP contribution in [0.4, 0.5) is 0 Å². The van der Waals surface area contributed by atoms with Gasteiger partial charge in [0.25, 0.3) is 0 Å². The van der Waals surface area contributed by atoms with E-state index in [1.807, 2.05) is 13.0 Å². The summed E-state index contributed by atoms with van der Waals surface area (Å²) in [5.41, 5.74) is 2.42. The van der Waals surface area contributed by atoms with Crippen LogP contribution in [-0.4, -0.2) is 30.2 Å². The van der Waals surface area contributed by atoms with Gasteiger partial charge in [0.2, 0.25) is 0 Å². The fourth-order valence-corrected chi connectivity index (χ4v) is 1.70. The van der Waals surface area contributed by atoms with Gasteiger partial charge in [-0.1, -0.05) is 10.7 Å². The molecule has 1 aliphatic heterocycles. The van der Waals surface area contributed by atoms with Crippen LogP contribution in [0.1, 0.15) is 24.3 Å². The first-order valence-electron chi connectivity index (χ1n) is 5.05. The molecule has 76 valence electrons. The number of likely N-dealkylation sites (tertiary alicyclic amines) is 1. The predicted octanol–water partition coefficient (Wildman–Crippen LogP) is 2.09. The number of hydrogen-bond acceptors (Lipinski definition) is 3. The van der Waals surface area contributed by atoms with Gasteiger partial charge < -0.3 is 9.42 Å². The third-order valence-electron chi connectivity index (χ3n) is 2.62. The molecule has 1 aromatic rings. The van der Waals surface area contributed by atoms with Crippen molar-refractivity contribution in [1.82, 2.24) is 10.1 Å². The van der Waals surface area contributed by atoms with Crippen molar-refractivity contribution in [2.45, 2.75) is 19.8 Å². The van der Waals surface area contributed by atoms with Gasteiger partial charge in [-0.25, -0.2) is 0 Å². The molecular weight excluding hydrogens is 176 g/mol. The van der Waals surface area contributed by atoms with Gasteiger partial charge in [0.1, 0.15) is 0 Å². The summed E-state index contributed by atoms with van der Waals surface area (Å²) in [6.45, 7) is 4.25. The third kappa shape index (κ3) is 2.23. The van der Waals surface area contributed by atoms with Crippen molar-refractivity contribution in [3.05, 3.63) is 23.1 Å². The van der Waals surface area contributed by atoms with Crippen molar-refractivity contribution in [3.8, 4) is 0 Å². The highest BCUT2D eigenvalue weighted by atomic mass is 16.5. The summed E-state index contributed by atoms with van der Waals surface area (Å²) in [4.78, 5) is 2.35. The summed E-state index contributed by atoms with van der Waals surface area (Å²) in [7, 11) is 2.16. The molecule has 0 radical (unpaired) electrons. The van der Waals surface area contributed by atoms with E-state index in [0.717, 1.165) is 37.4 Å². The number of piperidine rings is 1. The largest absolute Gasteiger partial charge is 0.357 e. The Labute approximate surface area is 84.4 Å². The van der Waals surface area contributed by atoms with Crippen LogP contribution in [-0.2, 0) is 0 Å². The van der Waals surface area contributed by atoms with Crippen molar-refractivity contribution in [3.63, 3.8) is 0 Å². The molecule has 2 rings (SSSR count). The van der Waals surface area contributed by atoms with E-state index in [9.17, 15) is 0 Å². The minimum Gasteiger partial charge on any atom is -0.357 e. The molecule has 14 heavy (non-hydrogen) atoms. The zero-order chi connectivity index (χ0) is 9.97. The van der Waals surface area contributed by atoms with E-state index in [0.29, 0.717) is 0 Å². The lowest BCUT2D eigenvalue weighted by Gasteiger charge is -2.23. The summed E-state index contributed by atoms with van der Waals surface area (Å²) < 4.78 is 5.15. The van der Waals surface area contributed by atoms with Crippen LogP contribution in [0.2, 0.25) is 0 Å². The molecule has 1 saturated heterocycles. The van der Waals surface area contributed by atoms with Crippen LogP contribution >= 0.6 is 0 Å². The minimum atomic E-state index is 0.891. The van der Waals surface area contributed by atoms with E-state index in [-0.39, 0.29) is 0 Å². The maximum absolute atomic E-state index is 5.15. The van der Waals surface area contributed by atoms with Gasteiger partial charge in [-0.3, -0.25) is 0 Å². The lowest BCUT2D eigenvalue weighted by molar-refractivity contribution is 0.313. The van der Waals surface area contributed by atoms with E-state index in [4.69, 9.17) is 4.52 Å². The molecule has 0 atom stereocenters. The Kier molecular flexibility index (Phi) is 2.68. The zero-order valence-electron chi connectivity index (χ0n) is 8.79. The van der Waals surface area contributed by atoms with Crippen LogP contribution in [0.5, 0.6) is 0 Å². The molecule has 0 aliphatic carbocycles. The molecule has 0 spiro atoms. The first-order valence-corrected chi connectivity index (χ1v) is 5.05. The molecule has 0 amide bonds. The molecule has 1 aromatic heterocycles. The van der Waals surface area contributed by atoms with Crippen LogP contribution in [0.15, 0.2) is 16.2 Å².